The average Bonchev–Trinajstić information content (AvgIpc) is 2.22. The van der Waals surface area contributed by atoms with Gasteiger partial charge in [-0.25, -0.2) is 4.98 Å². The standard InChI is InChI=1S/C11H13ClN2O2/c1-8(15)13-7-3-2-4-9-5-6-10(16)11(12)14-9/h2,4-6,16H,3,7H2,1H3,(H,13,15). The third-order valence-electron chi connectivity index (χ3n) is 1.82. The van der Waals surface area contributed by atoms with E-state index >= 15 is 0 Å². The van der Waals surface area contributed by atoms with Gasteiger partial charge in [-0.1, -0.05) is 17.7 Å². The first-order chi connectivity index (χ1) is 7.59. The molecule has 86 valence electrons. The van der Waals surface area contributed by atoms with E-state index in [9.17, 15) is 4.79 Å². The van der Waals surface area contributed by atoms with Gasteiger partial charge in [0, 0.05) is 13.5 Å². The lowest BCUT2D eigenvalue weighted by Gasteiger charge is -1.98. The maximum Gasteiger partial charge on any atom is 0.216 e. The summed E-state index contributed by atoms with van der Waals surface area (Å²) >= 11 is 5.64. The van der Waals surface area contributed by atoms with E-state index in [0.717, 1.165) is 6.42 Å². The second-order valence-corrected chi connectivity index (χ2v) is 3.58. The van der Waals surface area contributed by atoms with Crippen LogP contribution in [0.5, 0.6) is 5.75 Å². The van der Waals surface area contributed by atoms with Gasteiger partial charge in [0.1, 0.15) is 0 Å². The molecule has 0 fully saturated rings. The summed E-state index contributed by atoms with van der Waals surface area (Å²) in [6.07, 6.45) is 4.39. The van der Waals surface area contributed by atoms with Crippen LogP contribution in [0.25, 0.3) is 6.08 Å². The Morgan fingerprint density at radius 3 is 3.00 bits per heavy atom. The molecule has 0 spiro atoms. The number of aromatic nitrogens is 1. The molecule has 0 aromatic carbocycles. The molecule has 4 nitrogen and oxygen atoms in total. The molecule has 1 aromatic rings. The van der Waals surface area contributed by atoms with Crippen molar-refractivity contribution in [2.45, 2.75) is 13.3 Å². The van der Waals surface area contributed by atoms with E-state index in [4.69, 9.17) is 16.7 Å². The van der Waals surface area contributed by atoms with Crippen molar-refractivity contribution >= 4 is 23.6 Å². The van der Waals surface area contributed by atoms with E-state index in [1.807, 2.05) is 6.08 Å². The van der Waals surface area contributed by atoms with Gasteiger partial charge in [0.05, 0.1) is 5.69 Å². The smallest absolute Gasteiger partial charge is 0.216 e. The molecule has 1 rings (SSSR count). The number of carbonyl (C=O) groups excluding carboxylic acids is 1. The molecule has 0 aliphatic heterocycles. The Morgan fingerprint density at radius 1 is 1.62 bits per heavy atom. The number of halogens is 1. The van der Waals surface area contributed by atoms with E-state index in [0.29, 0.717) is 12.2 Å². The molecule has 0 radical (unpaired) electrons. The molecule has 16 heavy (non-hydrogen) atoms. The molecule has 0 atom stereocenters. The second-order valence-electron chi connectivity index (χ2n) is 3.22. The van der Waals surface area contributed by atoms with Crippen molar-refractivity contribution in [1.82, 2.24) is 10.3 Å². The number of pyridine rings is 1. The van der Waals surface area contributed by atoms with Crippen LogP contribution in [-0.2, 0) is 4.79 Å². The van der Waals surface area contributed by atoms with Crippen LogP contribution < -0.4 is 5.32 Å². The summed E-state index contributed by atoms with van der Waals surface area (Å²) < 4.78 is 0. The van der Waals surface area contributed by atoms with Crippen LogP contribution >= 0.6 is 11.6 Å². The predicted molar refractivity (Wildman–Crippen MR) is 63.2 cm³/mol. The zero-order valence-electron chi connectivity index (χ0n) is 8.90. The van der Waals surface area contributed by atoms with Gasteiger partial charge in [-0.05, 0) is 24.6 Å². The number of aromatic hydroxyl groups is 1. The minimum Gasteiger partial charge on any atom is -0.505 e. The first-order valence-electron chi connectivity index (χ1n) is 4.86. The second kappa shape index (κ2) is 6.12. The van der Waals surface area contributed by atoms with E-state index in [-0.39, 0.29) is 16.8 Å². The fraction of sp³-hybridized carbons (Fsp3) is 0.273. The highest BCUT2D eigenvalue weighted by Crippen LogP contribution is 2.20. The molecule has 0 saturated heterocycles. The molecule has 1 amide bonds. The van der Waals surface area contributed by atoms with E-state index in [1.54, 1.807) is 12.1 Å². The molecular formula is C11H13ClN2O2. The van der Waals surface area contributed by atoms with Crippen LogP contribution in [-0.4, -0.2) is 22.5 Å². The normalized spacial score (nSPS) is 10.6. The van der Waals surface area contributed by atoms with Gasteiger partial charge in [0.25, 0.3) is 0 Å². The SMILES string of the molecule is CC(=O)NCCC=Cc1ccc(O)c(Cl)n1. The fourth-order valence-electron chi connectivity index (χ4n) is 1.07. The molecule has 1 aromatic heterocycles. The quantitative estimate of drug-likeness (QED) is 0.625. The average molecular weight is 241 g/mol. The summed E-state index contributed by atoms with van der Waals surface area (Å²) in [5.74, 6) is -0.0729. The van der Waals surface area contributed by atoms with Gasteiger partial charge in [-0.15, -0.1) is 0 Å². The Kier molecular flexibility index (Phi) is 4.79. The summed E-state index contributed by atoms with van der Waals surface area (Å²) in [6, 6.07) is 3.15. The lowest BCUT2D eigenvalue weighted by atomic mass is 10.3. The molecule has 0 saturated carbocycles. The Morgan fingerprint density at radius 2 is 2.38 bits per heavy atom. The van der Waals surface area contributed by atoms with Crippen LogP contribution in [0.4, 0.5) is 0 Å². The number of hydrogen-bond donors (Lipinski definition) is 2. The van der Waals surface area contributed by atoms with E-state index in [2.05, 4.69) is 10.3 Å². The van der Waals surface area contributed by atoms with Gasteiger partial charge >= 0.3 is 0 Å². The highest BCUT2D eigenvalue weighted by atomic mass is 35.5. The Hall–Kier alpha value is -1.55. The van der Waals surface area contributed by atoms with Crippen LogP contribution in [0.1, 0.15) is 19.0 Å². The lowest BCUT2D eigenvalue weighted by Crippen LogP contribution is -2.20. The largest absolute Gasteiger partial charge is 0.505 e. The van der Waals surface area contributed by atoms with Crippen molar-refractivity contribution in [2.24, 2.45) is 0 Å². The minimum atomic E-state index is -0.0424. The number of rotatable bonds is 4. The van der Waals surface area contributed by atoms with E-state index in [1.165, 1.54) is 13.0 Å². The van der Waals surface area contributed by atoms with Gasteiger partial charge in [0.2, 0.25) is 5.91 Å². The topological polar surface area (TPSA) is 62.2 Å². The van der Waals surface area contributed by atoms with Crippen molar-refractivity contribution in [3.05, 3.63) is 29.1 Å². The van der Waals surface area contributed by atoms with Gasteiger partial charge in [0.15, 0.2) is 10.9 Å². The van der Waals surface area contributed by atoms with Crippen LogP contribution in [0, 0.1) is 0 Å². The van der Waals surface area contributed by atoms with Crippen molar-refractivity contribution in [2.75, 3.05) is 6.54 Å². The van der Waals surface area contributed by atoms with Crippen LogP contribution in [0.15, 0.2) is 18.2 Å². The summed E-state index contributed by atoms with van der Waals surface area (Å²) in [7, 11) is 0. The first-order valence-corrected chi connectivity index (χ1v) is 5.24. The Balaban J connectivity index is 2.44. The summed E-state index contributed by atoms with van der Waals surface area (Å²) in [4.78, 5) is 14.5. The lowest BCUT2D eigenvalue weighted by molar-refractivity contribution is -0.118. The highest BCUT2D eigenvalue weighted by molar-refractivity contribution is 6.30. The molecule has 0 aliphatic rings. The first kappa shape index (κ1) is 12.5. The van der Waals surface area contributed by atoms with Crippen LogP contribution in [0.2, 0.25) is 5.15 Å². The number of nitrogens with zero attached hydrogens (tertiary/aromatic N) is 1. The summed E-state index contributed by atoms with van der Waals surface area (Å²) in [5, 5.41) is 11.9. The Labute approximate surface area is 99.0 Å². The monoisotopic (exact) mass is 240 g/mol. The van der Waals surface area contributed by atoms with Gasteiger partial charge in [-0.2, -0.15) is 0 Å². The molecular weight excluding hydrogens is 228 g/mol. The van der Waals surface area contributed by atoms with Crippen molar-refractivity contribution in [3.63, 3.8) is 0 Å². The molecule has 5 heteroatoms. The maximum atomic E-state index is 10.6. The van der Waals surface area contributed by atoms with Crippen LogP contribution in [0.3, 0.4) is 0 Å². The zero-order chi connectivity index (χ0) is 12.0. The molecule has 2 N–H and O–H groups in total. The number of hydrogen-bond acceptors (Lipinski definition) is 3. The summed E-state index contributed by atoms with van der Waals surface area (Å²) in [5.41, 5.74) is 0.672. The minimum absolute atomic E-state index is 0.0305. The molecule has 0 bridgehead atoms. The Bertz CT molecular complexity index is 405. The number of amides is 1. The van der Waals surface area contributed by atoms with Gasteiger partial charge < -0.3 is 10.4 Å². The number of nitrogens with one attached hydrogen (secondary N) is 1. The maximum absolute atomic E-state index is 10.6. The third kappa shape index (κ3) is 4.31. The zero-order valence-corrected chi connectivity index (χ0v) is 9.66. The predicted octanol–water partition coefficient (Wildman–Crippen LogP) is 1.98. The van der Waals surface area contributed by atoms with Crippen molar-refractivity contribution < 1.29 is 9.90 Å². The van der Waals surface area contributed by atoms with Crippen molar-refractivity contribution in [1.29, 1.82) is 0 Å². The number of carbonyl (C=O) groups is 1. The molecule has 0 unspecified atom stereocenters. The van der Waals surface area contributed by atoms with Gasteiger partial charge in [-0.3, -0.25) is 4.79 Å². The van der Waals surface area contributed by atoms with Crippen molar-refractivity contribution in [3.8, 4) is 5.75 Å². The van der Waals surface area contributed by atoms with E-state index < -0.39 is 0 Å². The highest BCUT2D eigenvalue weighted by Gasteiger charge is 1.98. The summed E-state index contributed by atoms with van der Waals surface area (Å²) in [6.45, 7) is 2.07. The third-order valence-corrected chi connectivity index (χ3v) is 2.10. The molecule has 0 aliphatic carbocycles. The fourth-order valence-corrected chi connectivity index (χ4v) is 1.23. The molecule has 1 heterocycles.